The second kappa shape index (κ2) is 6.80. The van der Waals surface area contributed by atoms with Crippen LogP contribution in [0.1, 0.15) is 39.7 Å². The second-order valence-corrected chi connectivity index (χ2v) is 6.79. The summed E-state index contributed by atoms with van der Waals surface area (Å²) in [6.07, 6.45) is 1.30. The number of benzene rings is 1. The lowest BCUT2D eigenvalue weighted by atomic mass is 9.95. The van der Waals surface area contributed by atoms with Crippen molar-refractivity contribution in [3.63, 3.8) is 0 Å². The fourth-order valence-corrected chi connectivity index (χ4v) is 2.23. The Labute approximate surface area is 122 Å². The maximum Gasteiger partial charge on any atom is 0.143 e. The molecule has 0 aliphatic rings. The van der Waals surface area contributed by atoms with Crippen LogP contribution in [0.2, 0.25) is 0 Å². The molecule has 0 aliphatic carbocycles. The molecule has 1 N–H and O–H groups in total. The normalized spacial score (nSPS) is 13.6. The molecule has 0 saturated heterocycles. The maximum absolute atomic E-state index is 13.9. The second-order valence-electron chi connectivity index (χ2n) is 5.93. The zero-order valence-corrected chi connectivity index (χ0v) is 13.6. The summed E-state index contributed by atoms with van der Waals surface area (Å²) in [4.78, 5) is 0. The van der Waals surface area contributed by atoms with Crippen molar-refractivity contribution in [2.75, 3.05) is 6.54 Å². The first-order valence-electron chi connectivity index (χ1n) is 6.62. The third-order valence-corrected chi connectivity index (χ3v) is 3.74. The van der Waals surface area contributed by atoms with Crippen LogP contribution in [-0.2, 0) is 6.42 Å². The molecule has 0 spiro atoms. The highest BCUT2D eigenvalue weighted by atomic mass is 79.9. The topological polar surface area (TPSA) is 12.0 Å². The van der Waals surface area contributed by atoms with Crippen molar-refractivity contribution in [2.24, 2.45) is 5.92 Å². The van der Waals surface area contributed by atoms with Gasteiger partial charge in [0.25, 0.3) is 0 Å². The molecular weight excluding hydrogens is 312 g/mol. The molecule has 4 heteroatoms. The third kappa shape index (κ3) is 5.19. The number of rotatable bonds is 5. The van der Waals surface area contributed by atoms with Crippen molar-refractivity contribution in [1.29, 1.82) is 0 Å². The van der Waals surface area contributed by atoms with Crippen molar-refractivity contribution >= 4 is 15.9 Å². The van der Waals surface area contributed by atoms with E-state index in [2.05, 4.69) is 42.0 Å². The van der Waals surface area contributed by atoms with Gasteiger partial charge in [-0.25, -0.2) is 8.78 Å². The van der Waals surface area contributed by atoms with E-state index in [9.17, 15) is 8.78 Å². The monoisotopic (exact) mass is 333 g/mol. The Morgan fingerprint density at radius 1 is 1.26 bits per heavy atom. The predicted molar refractivity (Wildman–Crippen MR) is 79.3 cm³/mol. The minimum atomic E-state index is -0.478. The van der Waals surface area contributed by atoms with Crippen molar-refractivity contribution < 1.29 is 8.78 Å². The van der Waals surface area contributed by atoms with Gasteiger partial charge in [-0.2, -0.15) is 0 Å². The summed E-state index contributed by atoms with van der Waals surface area (Å²) >= 11 is 3.11. The minimum Gasteiger partial charge on any atom is -0.312 e. The molecule has 1 atom stereocenters. The van der Waals surface area contributed by atoms with Crippen molar-refractivity contribution in [3.8, 4) is 0 Å². The highest BCUT2D eigenvalue weighted by Crippen LogP contribution is 2.24. The van der Waals surface area contributed by atoms with Crippen molar-refractivity contribution in [3.05, 3.63) is 33.8 Å². The van der Waals surface area contributed by atoms with Gasteiger partial charge >= 0.3 is 0 Å². The average molecular weight is 334 g/mol. The molecule has 1 nitrogen and oxygen atoms in total. The van der Waals surface area contributed by atoms with Gasteiger partial charge in [0.05, 0.1) is 4.47 Å². The molecular formula is C15H22BrF2N. The van der Waals surface area contributed by atoms with Gasteiger partial charge in [-0.05, 0) is 67.7 Å². The summed E-state index contributed by atoms with van der Waals surface area (Å²) in [5.41, 5.74) is 0.193. The summed E-state index contributed by atoms with van der Waals surface area (Å²) < 4.78 is 28.0. The lowest BCUT2D eigenvalue weighted by Crippen LogP contribution is -2.39. The van der Waals surface area contributed by atoms with E-state index in [1.165, 1.54) is 12.1 Å². The van der Waals surface area contributed by atoms with Gasteiger partial charge in [-0.15, -0.1) is 0 Å². The zero-order valence-electron chi connectivity index (χ0n) is 12.0. The largest absolute Gasteiger partial charge is 0.312 e. The first-order chi connectivity index (χ1) is 8.74. The summed E-state index contributed by atoms with van der Waals surface area (Å²) in [6, 6.07) is 2.72. The molecule has 0 fully saturated rings. The quantitative estimate of drug-likeness (QED) is 0.771. The molecule has 1 unspecified atom stereocenters. The zero-order chi connectivity index (χ0) is 14.6. The van der Waals surface area contributed by atoms with Crippen LogP contribution in [0.25, 0.3) is 0 Å². The molecule has 0 heterocycles. The van der Waals surface area contributed by atoms with Crippen molar-refractivity contribution in [2.45, 2.75) is 46.1 Å². The Morgan fingerprint density at radius 2 is 1.89 bits per heavy atom. The molecule has 0 aliphatic heterocycles. The Kier molecular flexibility index (Phi) is 5.93. The van der Waals surface area contributed by atoms with Gasteiger partial charge in [0.1, 0.15) is 11.6 Å². The minimum absolute atomic E-state index is 0.0157. The Hall–Kier alpha value is -0.480. The van der Waals surface area contributed by atoms with Gasteiger partial charge in [0.15, 0.2) is 0 Å². The SMILES string of the molecule is CCC(CNC(C)(C)C)Cc1c(F)ccc(Br)c1F. The fourth-order valence-electron chi connectivity index (χ4n) is 1.86. The molecule has 0 amide bonds. The first kappa shape index (κ1) is 16.6. The summed E-state index contributed by atoms with van der Waals surface area (Å²) in [5.74, 6) is -0.721. The number of hydrogen-bond acceptors (Lipinski definition) is 1. The van der Waals surface area contributed by atoms with E-state index in [-0.39, 0.29) is 17.0 Å². The van der Waals surface area contributed by atoms with Gasteiger partial charge < -0.3 is 5.32 Å². The van der Waals surface area contributed by atoms with Crippen LogP contribution >= 0.6 is 15.9 Å². The molecule has 0 radical (unpaired) electrons. The van der Waals surface area contributed by atoms with E-state index in [4.69, 9.17) is 0 Å². The molecule has 0 saturated carbocycles. The Bertz CT molecular complexity index is 427. The van der Waals surface area contributed by atoms with E-state index in [0.717, 1.165) is 13.0 Å². The van der Waals surface area contributed by atoms with E-state index in [1.807, 2.05) is 6.92 Å². The van der Waals surface area contributed by atoms with Crippen LogP contribution in [0.5, 0.6) is 0 Å². The van der Waals surface area contributed by atoms with E-state index in [0.29, 0.717) is 10.9 Å². The van der Waals surface area contributed by atoms with E-state index < -0.39 is 11.6 Å². The van der Waals surface area contributed by atoms with Crippen LogP contribution in [0.4, 0.5) is 8.78 Å². The third-order valence-electron chi connectivity index (χ3n) is 3.13. The molecule has 19 heavy (non-hydrogen) atoms. The van der Waals surface area contributed by atoms with Crippen LogP contribution < -0.4 is 5.32 Å². The van der Waals surface area contributed by atoms with Gasteiger partial charge in [-0.1, -0.05) is 13.3 Å². The van der Waals surface area contributed by atoms with Crippen LogP contribution in [-0.4, -0.2) is 12.1 Å². The Balaban J connectivity index is 2.79. The molecule has 1 rings (SSSR count). The maximum atomic E-state index is 13.9. The smallest absolute Gasteiger partial charge is 0.143 e. The number of nitrogens with one attached hydrogen (secondary N) is 1. The van der Waals surface area contributed by atoms with Crippen LogP contribution in [0.15, 0.2) is 16.6 Å². The number of halogens is 3. The molecule has 0 aromatic heterocycles. The van der Waals surface area contributed by atoms with Crippen LogP contribution in [0, 0.1) is 17.6 Å². The predicted octanol–water partition coefficient (Wildman–Crippen LogP) is 4.68. The van der Waals surface area contributed by atoms with Gasteiger partial charge in [0, 0.05) is 11.1 Å². The molecule has 1 aromatic carbocycles. The van der Waals surface area contributed by atoms with Crippen LogP contribution in [0.3, 0.4) is 0 Å². The first-order valence-corrected chi connectivity index (χ1v) is 7.41. The van der Waals surface area contributed by atoms with E-state index >= 15 is 0 Å². The highest BCUT2D eigenvalue weighted by Gasteiger charge is 2.18. The molecule has 108 valence electrons. The fraction of sp³-hybridized carbons (Fsp3) is 0.600. The summed E-state index contributed by atoms with van der Waals surface area (Å²) in [5, 5.41) is 3.39. The van der Waals surface area contributed by atoms with Gasteiger partial charge in [-0.3, -0.25) is 0 Å². The molecule has 0 bridgehead atoms. The average Bonchev–Trinajstić information content (AvgIpc) is 2.32. The van der Waals surface area contributed by atoms with Crippen molar-refractivity contribution in [1.82, 2.24) is 5.32 Å². The highest BCUT2D eigenvalue weighted by molar-refractivity contribution is 9.10. The summed E-state index contributed by atoms with van der Waals surface area (Å²) in [7, 11) is 0. The lowest BCUT2D eigenvalue weighted by molar-refractivity contribution is 0.358. The number of hydrogen-bond donors (Lipinski definition) is 1. The molecule has 1 aromatic rings. The standard InChI is InChI=1S/C15H22BrF2N/c1-5-10(9-19-15(2,3)4)8-11-13(17)7-6-12(16)14(11)18/h6-7,10,19H,5,8-9H2,1-4H3. The lowest BCUT2D eigenvalue weighted by Gasteiger charge is -2.25. The Morgan fingerprint density at radius 3 is 2.42 bits per heavy atom. The van der Waals surface area contributed by atoms with Gasteiger partial charge in [0.2, 0.25) is 0 Å². The van der Waals surface area contributed by atoms with E-state index in [1.54, 1.807) is 0 Å². The summed E-state index contributed by atoms with van der Waals surface area (Å²) in [6.45, 7) is 9.05.